The first-order chi connectivity index (χ1) is 16.9. The van der Waals surface area contributed by atoms with Gasteiger partial charge in [0.25, 0.3) is 0 Å². The highest BCUT2D eigenvalue weighted by Crippen LogP contribution is 2.65. The van der Waals surface area contributed by atoms with E-state index in [1.807, 2.05) is 0 Å². The van der Waals surface area contributed by atoms with E-state index in [2.05, 4.69) is 16.9 Å². The van der Waals surface area contributed by atoms with E-state index in [-0.39, 0.29) is 27.5 Å². The molecule has 2 unspecified atom stereocenters. The van der Waals surface area contributed by atoms with E-state index in [9.17, 15) is 18.4 Å². The van der Waals surface area contributed by atoms with Crippen LogP contribution < -0.4 is 5.32 Å². The summed E-state index contributed by atoms with van der Waals surface area (Å²) in [5.41, 5.74) is 0.211. The molecule has 1 aliphatic carbocycles. The quantitative estimate of drug-likeness (QED) is 0.225. The zero-order valence-electron chi connectivity index (χ0n) is 18.1. The van der Waals surface area contributed by atoms with E-state index >= 15 is 0 Å². The van der Waals surface area contributed by atoms with Crippen molar-refractivity contribution >= 4 is 81.5 Å². The van der Waals surface area contributed by atoms with Crippen molar-refractivity contribution in [3.63, 3.8) is 0 Å². The summed E-state index contributed by atoms with van der Waals surface area (Å²) in [4.78, 5) is 29.5. The first-order valence-corrected chi connectivity index (χ1v) is 12.3. The highest BCUT2D eigenvalue weighted by Gasteiger charge is 2.67. The molecular formula is C25H15Cl5F2N2O2. The van der Waals surface area contributed by atoms with Crippen molar-refractivity contribution < 1.29 is 18.4 Å². The van der Waals surface area contributed by atoms with E-state index in [4.69, 9.17) is 58.0 Å². The minimum absolute atomic E-state index is 0.0112. The molecule has 0 aliphatic heterocycles. The minimum atomic E-state index is -1.39. The number of carbonyl (C=O) groups excluding carboxylic acids is 2. The van der Waals surface area contributed by atoms with Crippen LogP contribution in [0.2, 0.25) is 15.1 Å². The second kappa shape index (κ2) is 10.3. The summed E-state index contributed by atoms with van der Waals surface area (Å²) in [6, 6.07) is 9.04. The van der Waals surface area contributed by atoms with E-state index < -0.39 is 45.9 Å². The van der Waals surface area contributed by atoms with Crippen LogP contribution in [-0.4, -0.2) is 21.0 Å². The zero-order valence-corrected chi connectivity index (χ0v) is 21.9. The molecule has 0 saturated heterocycles. The van der Waals surface area contributed by atoms with Crippen LogP contribution in [0.3, 0.4) is 0 Å². The summed E-state index contributed by atoms with van der Waals surface area (Å²) >= 11 is 31.1. The van der Waals surface area contributed by atoms with Crippen molar-refractivity contribution in [2.24, 2.45) is 5.92 Å². The summed E-state index contributed by atoms with van der Waals surface area (Å²) in [6.45, 7) is 3.36. The second-order valence-electron chi connectivity index (χ2n) is 8.10. The van der Waals surface area contributed by atoms with E-state index in [0.29, 0.717) is 15.6 Å². The van der Waals surface area contributed by atoms with E-state index in [1.165, 1.54) is 18.2 Å². The Bertz CT molecular complexity index is 1390. The summed E-state index contributed by atoms with van der Waals surface area (Å²) < 4.78 is 26.8. The van der Waals surface area contributed by atoms with Gasteiger partial charge in [-0.05, 0) is 42.0 Å². The number of pyridine rings is 1. The number of anilines is 1. The molecule has 2 aromatic carbocycles. The maximum atomic E-state index is 14.5. The maximum absolute atomic E-state index is 14.5. The highest BCUT2D eigenvalue weighted by molar-refractivity contribution is 6.53. The molecule has 1 aliphatic rings. The van der Waals surface area contributed by atoms with Crippen LogP contribution >= 0.6 is 58.0 Å². The fourth-order valence-corrected chi connectivity index (χ4v) is 5.53. The molecule has 11 heteroatoms. The van der Waals surface area contributed by atoms with Gasteiger partial charge in [0, 0.05) is 32.8 Å². The van der Waals surface area contributed by atoms with Crippen molar-refractivity contribution in [1.29, 1.82) is 0 Å². The molecule has 36 heavy (non-hydrogen) atoms. The molecule has 1 aromatic heterocycles. The number of amides is 1. The largest absolute Gasteiger partial charge is 0.326 e. The van der Waals surface area contributed by atoms with Crippen molar-refractivity contribution in [2.45, 2.75) is 16.7 Å². The van der Waals surface area contributed by atoms with Crippen LogP contribution in [0.15, 0.2) is 49.2 Å². The molecule has 1 amide bonds. The van der Waals surface area contributed by atoms with Crippen LogP contribution in [0.1, 0.15) is 33.1 Å². The Hall–Kier alpha value is -2.22. The Morgan fingerprint density at radius 3 is 2.39 bits per heavy atom. The van der Waals surface area contributed by atoms with Gasteiger partial charge in [0.2, 0.25) is 5.91 Å². The Morgan fingerprint density at radius 1 is 1.08 bits per heavy atom. The minimum Gasteiger partial charge on any atom is -0.326 e. The predicted octanol–water partition coefficient (Wildman–Crippen LogP) is 7.91. The number of hydrogen-bond acceptors (Lipinski definition) is 3. The molecule has 1 saturated carbocycles. The number of alkyl halides is 2. The lowest BCUT2D eigenvalue weighted by atomic mass is 10.0. The normalized spacial score (nSPS) is 18.0. The van der Waals surface area contributed by atoms with Crippen LogP contribution in [0.4, 0.5) is 14.5 Å². The van der Waals surface area contributed by atoms with E-state index in [1.54, 1.807) is 18.2 Å². The first-order valence-electron chi connectivity index (χ1n) is 10.4. The number of carbonyl (C=O) groups is 2. The van der Waals surface area contributed by atoms with Crippen LogP contribution in [0.5, 0.6) is 0 Å². The molecule has 0 bridgehead atoms. The number of ketones is 1. The Balaban J connectivity index is 1.53. The fraction of sp³-hybridized carbons (Fsp3) is 0.160. The van der Waals surface area contributed by atoms with Gasteiger partial charge in [-0.25, -0.2) is 8.78 Å². The van der Waals surface area contributed by atoms with Gasteiger partial charge in [-0.3, -0.25) is 14.6 Å². The van der Waals surface area contributed by atoms with Crippen molar-refractivity contribution in [2.75, 3.05) is 5.32 Å². The van der Waals surface area contributed by atoms with Gasteiger partial charge in [-0.15, -0.1) is 23.2 Å². The molecule has 4 rings (SSSR count). The number of nitrogens with zero attached hydrogens (tertiary/aromatic N) is 1. The SMILES string of the molecule is C=Cc1c(F)cnc(CC(=O)c2cc(NC(=O)C3C(c4cc(Cl)cc(Cl)c4)C3(Cl)Cl)ccc2Cl)c1F. The maximum Gasteiger partial charge on any atom is 0.231 e. The molecule has 1 N–H and O–H groups in total. The van der Waals surface area contributed by atoms with Crippen LogP contribution in [0.25, 0.3) is 6.08 Å². The predicted molar refractivity (Wildman–Crippen MR) is 139 cm³/mol. The van der Waals surface area contributed by atoms with Crippen LogP contribution in [-0.2, 0) is 11.2 Å². The Kier molecular flexibility index (Phi) is 7.65. The molecule has 3 aromatic rings. The molecule has 1 heterocycles. The summed E-state index contributed by atoms with van der Waals surface area (Å²) in [7, 11) is 0. The molecule has 4 nitrogen and oxygen atoms in total. The van der Waals surface area contributed by atoms with Gasteiger partial charge >= 0.3 is 0 Å². The number of hydrogen-bond donors (Lipinski definition) is 1. The van der Waals surface area contributed by atoms with Gasteiger partial charge in [-0.1, -0.05) is 47.5 Å². The standard InChI is InChI=1S/C25H15Cl5F2N2O2/c1-2-15-18(31)10-33-19(23(15)32)9-20(35)16-8-14(3-4-17(16)28)34-24(36)22-21(25(22,29)30)11-5-12(26)7-13(27)6-11/h2-8,10,21-22H,1,9H2,(H,34,36). The van der Waals surface area contributed by atoms with Gasteiger partial charge in [-0.2, -0.15) is 0 Å². The molecule has 2 atom stereocenters. The monoisotopic (exact) mass is 588 g/mol. The molecule has 1 fully saturated rings. The first kappa shape index (κ1) is 26.8. The number of rotatable bonds is 7. The Morgan fingerprint density at radius 2 is 1.75 bits per heavy atom. The third kappa shape index (κ3) is 5.24. The third-order valence-electron chi connectivity index (χ3n) is 5.73. The third-order valence-corrected chi connectivity index (χ3v) is 7.43. The van der Waals surface area contributed by atoms with Gasteiger partial charge in [0.05, 0.1) is 29.3 Å². The number of halogens is 7. The van der Waals surface area contributed by atoms with Gasteiger partial charge in [0.1, 0.15) is 4.33 Å². The Labute approximate surface area is 230 Å². The lowest BCUT2D eigenvalue weighted by Crippen LogP contribution is -2.17. The molecule has 0 spiro atoms. The van der Waals surface area contributed by atoms with Crippen molar-refractivity contribution in [3.8, 4) is 0 Å². The zero-order chi connectivity index (χ0) is 26.4. The smallest absolute Gasteiger partial charge is 0.231 e. The highest BCUT2D eigenvalue weighted by atomic mass is 35.5. The van der Waals surface area contributed by atoms with Gasteiger partial charge in [0.15, 0.2) is 17.4 Å². The average molecular weight is 591 g/mol. The number of aromatic nitrogens is 1. The second-order valence-corrected chi connectivity index (χ2v) is 10.8. The lowest BCUT2D eigenvalue weighted by Gasteiger charge is -2.10. The number of Topliss-reactive ketones (excluding diaryl/α,β-unsaturated/α-hetero) is 1. The lowest BCUT2D eigenvalue weighted by molar-refractivity contribution is -0.117. The molecular weight excluding hydrogens is 576 g/mol. The summed E-state index contributed by atoms with van der Waals surface area (Å²) in [5.74, 6) is -4.35. The van der Waals surface area contributed by atoms with E-state index in [0.717, 1.165) is 12.3 Å². The number of nitrogens with one attached hydrogen (secondary N) is 1. The van der Waals surface area contributed by atoms with Crippen molar-refractivity contribution in [3.05, 3.63) is 98.3 Å². The summed E-state index contributed by atoms with van der Waals surface area (Å²) in [6.07, 6.45) is 1.32. The molecule has 0 radical (unpaired) electrons. The van der Waals surface area contributed by atoms with Crippen LogP contribution in [0, 0.1) is 17.6 Å². The summed E-state index contributed by atoms with van der Waals surface area (Å²) in [5, 5.41) is 3.50. The molecule has 186 valence electrons. The average Bonchev–Trinajstić information content (AvgIpc) is 3.38. The van der Waals surface area contributed by atoms with Crippen molar-refractivity contribution in [1.82, 2.24) is 4.98 Å². The topological polar surface area (TPSA) is 59.1 Å². The number of benzene rings is 2. The fourth-order valence-electron chi connectivity index (χ4n) is 3.94. The van der Waals surface area contributed by atoms with Gasteiger partial charge < -0.3 is 5.32 Å².